The molecule has 0 bridgehead atoms. The molecule has 0 atom stereocenters. The molecule has 0 aromatic heterocycles. The van der Waals surface area contributed by atoms with Crippen LogP contribution in [0.1, 0.15) is 0 Å². The van der Waals surface area contributed by atoms with Crippen molar-refractivity contribution in [3.8, 4) is 0 Å². The predicted octanol–water partition coefficient (Wildman–Crippen LogP) is -23.5. The van der Waals surface area contributed by atoms with Crippen molar-refractivity contribution in [3.63, 3.8) is 0 Å². The van der Waals surface area contributed by atoms with Gasteiger partial charge in [-0.15, -0.1) is 0 Å². The average molecular weight is 615 g/mol. The fourth-order valence-electron chi connectivity index (χ4n) is 0. The smallest absolute Gasteiger partial charge is 1.00 e. The molecule has 0 aliphatic heterocycles. The minimum Gasteiger partial charge on any atom is -2.00 e. The zero-order chi connectivity index (χ0) is 6.00. The van der Waals surface area contributed by atoms with E-state index in [4.69, 9.17) is 31.5 Å². The molecule has 0 aliphatic rings. The maximum absolute atomic E-state index is 7.00. The zero-order valence-corrected chi connectivity index (χ0v) is 24.2. The van der Waals surface area contributed by atoms with E-state index in [0.29, 0.717) is 0 Å². The summed E-state index contributed by atoms with van der Waals surface area (Å²) in [6, 6.07) is 0. The number of hydrogen-bond donors (Lipinski definition) is 0. The van der Waals surface area contributed by atoms with Gasteiger partial charge in [-0.3, -0.25) is 0 Å². The van der Waals surface area contributed by atoms with Gasteiger partial charge in [0.05, 0.1) is 0 Å². The van der Waals surface area contributed by atoms with E-state index in [9.17, 15) is 0 Å². The molecule has 0 radical (unpaired) electrons. The van der Waals surface area contributed by atoms with Crippen LogP contribution in [-0.2, 0) is 11.0 Å². The summed E-state index contributed by atoms with van der Waals surface area (Å²) in [5, 5.41) is 42.0. The van der Waals surface area contributed by atoms with Crippen molar-refractivity contribution in [2.24, 2.45) is 0 Å². The van der Waals surface area contributed by atoms with Crippen molar-refractivity contribution in [1.82, 2.24) is 0 Å². The normalized spacial score (nSPS) is 0.818. The second kappa shape index (κ2) is 788. The van der Waals surface area contributed by atoms with E-state index < -0.39 is 0 Å². The van der Waals surface area contributed by atoms with Gasteiger partial charge in [0.25, 0.3) is 0 Å². The van der Waals surface area contributed by atoms with E-state index >= 15 is 0 Å². The van der Waals surface area contributed by atoms with E-state index in [1.165, 1.54) is 0 Å². The van der Waals surface area contributed by atoms with Gasteiger partial charge < -0.3 is 91.8 Å². The van der Waals surface area contributed by atoms with Crippen molar-refractivity contribution in [3.05, 3.63) is 0 Å². The fraction of sp³-hybridized carbons (Fsp3) is 0. The Balaban J connectivity index is -0.000000000265. The molecule has 17 nitrogen and oxygen atoms in total. The molecule has 0 rings (SSSR count). The molecule has 13 N–H and O–H groups in total. The maximum Gasteiger partial charge on any atom is 1.00 e. The standard InChI is InChI=1S/4Na.3O2.9H2O.2O.U/c;;;;3*1-2;;;;;;;;;;;;/h;;;;;;;9*1H2;;;/q4*+1;3*-2;;;;;;;;;;2*-2;/p-5. The second-order valence-electron chi connectivity index (χ2n) is 0. The van der Waals surface area contributed by atoms with Crippen molar-refractivity contribution >= 4 is 0 Å². The molecule has 22 heavy (non-hydrogen) atoms. The van der Waals surface area contributed by atoms with Crippen LogP contribution in [0.3, 0.4) is 0 Å². The molecule has 22 heteroatoms. The van der Waals surface area contributed by atoms with Gasteiger partial charge in [0.2, 0.25) is 0 Å². The molecule has 0 saturated heterocycles. The van der Waals surface area contributed by atoms with Crippen molar-refractivity contribution in [1.29, 1.82) is 0 Å². The average Bonchev–Trinajstić information content (AvgIpc) is 1.81. The SMILES string of the molecule is O.O.O.O.[Na+].[Na+].[Na+].[Na+].[O-2].[O-2].[O-][O-].[O-][O-].[O-][O-].[OH-].[OH-].[OH-].[OH-].[OH-].[U]. The van der Waals surface area contributed by atoms with Gasteiger partial charge in [-0.05, 0) is 0 Å². The van der Waals surface area contributed by atoms with E-state index in [2.05, 4.69) is 0 Å². The van der Waals surface area contributed by atoms with E-state index in [0.717, 1.165) is 0 Å². The first-order chi connectivity index (χ1) is 3.00. The summed E-state index contributed by atoms with van der Waals surface area (Å²) in [5.41, 5.74) is 0. The Kier molecular flexibility index (Phi) is 11200. The van der Waals surface area contributed by atoms with Crippen LogP contribution in [0.2, 0.25) is 0 Å². The molecule has 0 saturated carbocycles. The van der Waals surface area contributed by atoms with Crippen LogP contribution in [0, 0.1) is 31.1 Å². The largest absolute Gasteiger partial charge is 2.00 e. The number of rotatable bonds is 0. The summed E-state index contributed by atoms with van der Waals surface area (Å²) in [4.78, 5) is 0. The van der Waals surface area contributed by atoms with Gasteiger partial charge in [0.1, 0.15) is 0 Å². The summed E-state index contributed by atoms with van der Waals surface area (Å²) in [6.07, 6.45) is 0. The van der Waals surface area contributed by atoms with E-state index in [1.54, 1.807) is 0 Å². The Morgan fingerprint density at radius 2 is 0.318 bits per heavy atom. The minimum atomic E-state index is 0. The summed E-state index contributed by atoms with van der Waals surface area (Å²) < 4.78 is 0. The van der Waals surface area contributed by atoms with Crippen molar-refractivity contribution in [2.75, 3.05) is 0 Å². The van der Waals surface area contributed by atoms with Crippen molar-refractivity contribution in [2.45, 2.75) is 0 Å². The molecule has 0 heterocycles. The molecule has 0 fully saturated rings. The molecular formula is H13Na4O17U-11. The third-order valence-corrected chi connectivity index (χ3v) is 0. The predicted molar refractivity (Wildman–Crippen MR) is 25.5 cm³/mol. The van der Waals surface area contributed by atoms with Crippen molar-refractivity contribution < 1.29 is 241 Å². The van der Waals surface area contributed by atoms with Crippen LogP contribution in [0.15, 0.2) is 0 Å². The Morgan fingerprint density at radius 3 is 0.318 bits per heavy atom. The summed E-state index contributed by atoms with van der Waals surface area (Å²) >= 11 is 0. The summed E-state index contributed by atoms with van der Waals surface area (Å²) in [6.45, 7) is 0. The van der Waals surface area contributed by atoms with Crippen LogP contribution in [0.4, 0.5) is 0 Å². The first-order valence-corrected chi connectivity index (χ1v) is 0.500. The van der Waals surface area contributed by atoms with Crippen LogP contribution >= 0.6 is 0 Å². The fourth-order valence-corrected chi connectivity index (χ4v) is 0. The van der Waals surface area contributed by atoms with E-state index in [1.807, 2.05) is 0 Å². The van der Waals surface area contributed by atoms with Gasteiger partial charge >= 0.3 is 118 Å². The molecule has 0 aromatic carbocycles. The number of hydrogen-bond acceptors (Lipinski definition) is 11. The summed E-state index contributed by atoms with van der Waals surface area (Å²) in [5.74, 6) is 0. The van der Waals surface area contributed by atoms with Crippen LogP contribution in [0.5, 0.6) is 0 Å². The minimum absolute atomic E-state index is 0. The molecule has 0 aliphatic carbocycles. The first-order valence-electron chi connectivity index (χ1n) is 0.500. The van der Waals surface area contributed by atoms with E-state index in [-0.39, 0.29) is 210 Å². The molecule has 0 aromatic rings. The van der Waals surface area contributed by atoms with Gasteiger partial charge in [-0.25, -0.2) is 0 Å². The molecule has 0 spiro atoms. The van der Waals surface area contributed by atoms with Gasteiger partial charge in [-0.1, -0.05) is 0 Å². The van der Waals surface area contributed by atoms with Crippen LogP contribution in [0.25, 0.3) is 0 Å². The molecular weight excluding hydrogens is 602 g/mol. The third kappa shape index (κ3) is 697. The second-order valence-corrected chi connectivity index (χ2v) is 0. The Bertz CT molecular complexity index is 20.6. The monoisotopic (exact) mass is 615 g/mol. The molecule has 0 amide bonds. The zero-order valence-electron chi connectivity index (χ0n) is 12.0. The van der Waals surface area contributed by atoms with Gasteiger partial charge in [0, 0.05) is 31.1 Å². The maximum atomic E-state index is 7.00. The van der Waals surface area contributed by atoms with Gasteiger partial charge in [0.15, 0.2) is 0 Å². The van der Waals surface area contributed by atoms with Crippen LogP contribution in [-0.4, -0.2) is 49.3 Å². The first kappa shape index (κ1) is 312. The topological polar surface area (TPSA) is 471 Å². The third-order valence-electron chi connectivity index (χ3n) is 0. The Hall–Kier alpha value is 4.37. The quantitative estimate of drug-likeness (QED) is 0.140. The van der Waals surface area contributed by atoms with Crippen LogP contribution < -0.4 is 150 Å². The Morgan fingerprint density at radius 1 is 0.318 bits per heavy atom. The molecule has 134 valence electrons. The van der Waals surface area contributed by atoms with Gasteiger partial charge in [-0.2, -0.15) is 0 Å². The summed E-state index contributed by atoms with van der Waals surface area (Å²) in [7, 11) is 0. The Labute approximate surface area is 237 Å². The molecule has 0 unspecified atom stereocenters.